The summed E-state index contributed by atoms with van der Waals surface area (Å²) in [7, 11) is 0. The Kier molecular flexibility index (Phi) is 14.0. The highest BCUT2D eigenvalue weighted by Crippen LogP contribution is 2.13. The third-order valence-electron chi connectivity index (χ3n) is 3.92. The Labute approximate surface area is 160 Å². The Morgan fingerprint density at radius 3 is 2.19 bits per heavy atom. The molecule has 1 fully saturated rings. The van der Waals surface area contributed by atoms with E-state index < -0.39 is 6.17 Å². The molecule has 0 radical (unpaired) electrons. The Morgan fingerprint density at radius 2 is 1.62 bits per heavy atom. The zero-order chi connectivity index (χ0) is 19.9. The summed E-state index contributed by atoms with van der Waals surface area (Å²) >= 11 is 0. The SMILES string of the molecule is C=C(CN1CCN(Cc2ccc(C)cc2)CC(F)C1)OCC.CC.CC. The number of alkyl halides is 1. The van der Waals surface area contributed by atoms with Crippen LogP contribution >= 0.6 is 0 Å². The Hall–Kier alpha value is -1.39. The number of benzene rings is 1. The van der Waals surface area contributed by atoms with E-state index in [1.165, 1.54) is 11.1 Å². The Balaban J connectivity index is 0.00000146. The van der Waals surface area contributed by atoms with Gasteiger partial charge in [0.15, 0.2) is 0 Å². The highest BCUT2D eigenvalue weighted by atomic mass is 19.1. The third-order valence-corrected chi connectivity index (χ3v) is 3.92. The van der Waals surface area contributed by atoms with Gasteiger partial charge in [-0.2, -0.15) is 0 Å². The molecule has 0 N–H and O–H groups in total. The Morgan fingerprint density at radius 1 is 1.08 bits per heavy atom. The molecule has 0 aromatic heterocycles. The number of nitrogens with zero attached hydrogens (tertiary/aromatic N) is 2. The van der Waals surface area contributed by atoms with E-state index >= 15 is 0 Å². The van der Waals surface area contributed by atoms with Crippen LogP contribution in [0.3, 0.4) is 0 Å². The molecule has 4 heteroatoms. The predicted octanol–water partition coefficient (Wildman–Crippen LogP) is 5.05. The average Bonchev–Trinajstić information content (AvgIpc) is 2.81. The lowest BCUT2D eigenvalue weighted by Gasteiger charge is -2.22. The molecule has 1 aromatic carbocycles. The standard InChI is InChI=1S/C18H27FN2O.2C2H6/c1-4-22-16(3)11-20-9-10-21(14-18(19)13-20)12-17-7-5-15(2)6-8-17;2*1-2/h5-8,18H,3-4,9-14H2,1-2H3;2*1-2H3. The lowest BCUT2D eigenvalue weighted by Crippen LogP contribution is -2.32. The van der Waals surface area contributed by atoms with Gasteiger partial charge in [-0.3, -0.25) is 9.80 Å². The van der Waals surface area contributed by atoms with Gasteiger partial charge >= 0.3 is 0 Å². The van der Waals surface area contributed by atoms with Crippen molar-refractivity contribution in [3.05, 3.63) is 47.7 Å². The summed E-state index contributed by atoms with van der Waals surface area (Å²) in [5.41, 5.74) is 2.49. The Bertz CT molecular complexity index is 476. The summed E-state index contributed by atoms with van der Waals surface area (Å²) in [6.45, 7) is 20.6. The highest BCUT2D eigenvalue weighted by molar-refractivity contribution is 5.21. The van der Waals surface area contributed by atoms with Gasteiger partial charge in [0, 0.05) is 32.7 Å². The molecule has 1 unspecified atom stereocenters. The van der Waals surface area contributed by atoms with Crippen LogP contribution in [0.5, 0.6) is 0 Å². The first-order chi connectivity index (χ1) is 12.6. The number of rotatable bonds is 6. The van der Waals surface area contributed by atoms with Crippen molar-refractivity contribution in [1.82, 2.24) is 9.80 Å². The van der Waals surface area contributed by atoms with Crippen molar-refractivity contribution in [1.29, 1.82) is 0 Å². The minimum atomic E-state index is -0.831. The van der Waals surface area contributed by atoms with Gasteiger partial charge in [-0.05, 0) is 19.4 Å². The molecule has 3 nitrogen and oxygen atoms in total. The van der Waals surface area contributed by atoms with E-state index in [0.29, 0.717) is 26.2 Å². The van der Waals surface area contributed by atoms with Crippen LogP contribution in [0.15, 0.2) is 36.6 Å². The maximum atomic E-state index is 14.2. The molecule has 0 spiro atoms. The summed E-state index contributed by atoms with van der Waals surface area (Å²) in [4.78, 5) is 4.29. The van der Waals surface area contributed by atoms with Crippen LogP contribution < -0.4 is 0 Å². The van der Waals surface area contributed by atoms with Gasteiger partial charge in [-0.25, -0.2) is 4.39 Å². The first kappa shape index (κ1) is 24.6. The van der Waals surface area contributed by atoms with Crippen LogP contribution in [0.4, 0.5) is 4.39 Å². The average molecular weight is 367 g/mol. The molecule has 0 aliphatic carbocycles. The number of hydrogen-bond acceptors (Lipinski definition) is 3. The van der Waals surface area contributed by atoms with E-state index in [1.807, 2.05) is 34.6 Å². The summed E-state index contributed by atoms with van der Waals surface area (Å²) < 4.78 is 19.6. The molecule has 1 aliphatic heterocycles. The van der Waals surface area contributed by atoms with Gasteiger partial charge in [-0.15, -0.1) is 0 Å². The molecule has 2 rings (SSSR count). The maximum Gasteiger partial charge on any atom is 0.125 e. The van der Waals surface area contributed by atoms with Crippen LogP contribution in [-0.4, -0.2) is 55.3 Å². The van der Waals surface area contributed by atoms with E-state index in [9.17, 15) is 4.39 Å². The smallest absolute Gasteiger partial charge is 0.125 e. The van der Waals surface area contributed by atoms with Crippen molar-refractivity contribution in [2.24, 2.45) is 0 Å². The highest BCUT2D eigenvalue weighted by Gasteiger charge is 2.23. The molecular weight excluding hydrogens is 327 g/mol. The summed E-state index contributed by atoms with van der Waals surface area (Å²) in [6.07, 6.45) is -0.831. The quantitative estimate of drug-likeness (QED) is 0.655. The predicted molar refractivity (Wildman–Crippen MR) is 111 cm³/mol. The first-order valence-corrected chi connectivity index (χ1v) is 10.0. The van der Waals surface area contributed by atoms with E-state index in [4.69, 9.17) is 4.74 Å². The number of halogens is 1. The second kappa shape index (κ2) is 14.7. The third kappa shape index (κ3) is 9.93. The summed E-state index contributed by atoms with van der Waals surface area (Å²) in [5.74, 6) is 0.724. The normalized spacial score (nSPS) is 17.9. The van der Waals surface area contributed by atoms with Crippen molar-refractivity contribution in [3.63, 3.8) is 0 Å². The molecule has 1 saturated heterocycles. The molecule has 1 atom stereocenters. The van der Waals surface area contributed by atoms with Gasteiger partial charge in [0.2, 0.25) is 0 Å². The van der Waals surface area contributed by atoms with Crippen molar-refractivity contribution < 1.29 is 9.13 Å². The minimum absolute atomic E-state index is 0.455. The second-order valence-corrected chi connectivity index (χ2v) is 6.02. The van der Waals surface area contributed by atoms with E-state index in [2.05, 4.69) is 47.6 Å². The fourth-order valence-electron chi connectivity index (χ4n) is 2.82. The van der Waals surface area contributed by atoms with Crippen LogP contribution in [0, 0.1) is 6.92 Å². The monoisotopic (exact) mass is 366 g/mol. The zero-order valence-electron chi connectivity index (χ0n) is 17.7. The molecule has 1 heterocycles. The molecular formula is C22H39FN2O. The van der Waals surface area contributed by atoms with Crippen LogP contribution in [0.1, 0.15) is 45.7 Å². The molecule has 1 aromatic rings. The molecule has 0 saturated carbocycles. The molecule has 0 bridgehead atoms. The minimum Gasteiger partial charge on any atom is -0.497 e. The number of ether oxygens (including phenoxy) is 1. The maximum absolute atomic E-state index is 14.2. The van der Waals surface area contributed by atoms with Crippen molar-refractivity contribution in [3.8, 4) is 0 Å². The van der Waals surface area contributed by atoms with Gasteiger partial charge in [-0.1, -0.05) is 64.1 Å². The van der Waals surface area contributed by atoms with Crippen LogP contribution in [0.25, 0.3) is 0 Å². The largest absolute Gasteiger partial charge is 0.497 e. The van der Waals surface area contributed by atoms with E-state index in [-0.39, 0.29) is 0 Å². The van der Waals surface area contributed by atoms with Gasteiger partial charge in [0.25, 0.3) is 0 Å². The molecule has 1 aliphatic rings. The number of aryl methyl sites for hydroxylation is 1. The van der Waals surface area contributed by atoms with Crippen molar-refractivity contribution in [2.45, 2.75) is 54.3 Å². The zero-order valence-corrected chi connectivity index (χ0v) is 17.7. The molecule has 26 heavy (non-hydrogen) atoms. The summed E-state index contributed by atoms with van der Waals surface area (Å²) in [6, 6.07) is 8.47. The molecule has 150 valence electrons. The van der Waals surface area contributed by atoms with E-state index in [1.54, 1.807) is 0 Å². The lowest BCUT2D eigenvalue weighted by molar-refractivity contribution is 0.166. The topological polar surface area (TPSA) is 15.7 Å². The molecule has 0 amide bonds. The fraction of sp³-hybridized carbons (Fsp3) is 0.636. The van der Waals surface area contributed by atoms with Gasteiger partial charge in [0.05, 0.1) is 13.2 Å². The lowest BCUT2D eigenvalue weighted by atomic mass is 10.1. The first-order valence-electron chi connectivity index (χ1n) is 10.0. The van der Waals surface area contributed by atoms with Gasteiger partial charge < -0.3 is 4.74 Å². The van der Waals surface area contributed by atoms with E-state index in [0.717, 1.165) is 25.4 Å². The van der Waals surface area contributed by atoms with Crippen LogP contribution in [0.2, 0.25) is 0 Å². The summed E-state index contributed by atoms with van der Waals surface area (Å²) in [5, 5.41) is 0. The number of hydrogen-bond donors (Lipinski definition) is 0. The van der Waals surface area contributed by atoms with Crippen LogP contribution in [-0.2, 0) is 11.3 Å². The van der Waals surface area contributed by atoms with Crippen molar-refractivity contribution >= 4 is 0 Å². The van der Waals surface area contributed by atoms with Gasteiger partial charge in [0.1, 0.15) is 11.9 Å². The second-order valence-electron chi connectivity index (χ2n) is 6.02. The fourth-order valence-corrected chi connectivity index (χ4v) is 2.82. The van der Waals surface area contributed by atoms with Crippen molar-refractivity contribution in [2.75, 3.05) is 39.3 Å².